The van der Waals surface area contributed by atoms with Crippen LogP contribution in [0.3, 0.4) is 0 Å². The zero-order chi connectivity index (χ0) is 14.2. The van der Waals surface area contributed by atoms with Gasteiger partial charge < -0.3 is 24.8 Å². The quantitative estimate of drug-likeness (QED) is 0.537. The first-order valence-corrected chi connectivity index (χ1v) is 6.77. The Labute approximate surface area is 114 Å². The summed E-state index contributed by atoms with van der Waals surface area (Å²) in [5, 5.41) is 21.5. The zero-order valence-corrected chi connectivity index (χ0v) is 11.1. The van der Waals surface area contributed by atoms with E-state index in [-0.39, 0.29) is 26.0 Å². The number of carboxylic acids is 2. The third-order valence-electron chi connectivity index (χ3n) is 2.29. The fraction of sp³-hybridized carbons (Fsp3) is 0.200. The van der Waals surface area contributed by atoms with E-state index in [4.69, 9.17) is 0 Å². The molecule has 100 valence electrons. The van der Waals surface area contributed by atoms with E-state index >= 15 is 0 Å². The minimum atomic E-state index is -1.37. The molecule has 2 aromatic rings. The van der Waals surface area contributed by atoms with Crippen LogP contribution in [0.5, 0.6) is 0 Å². The topological polar surface area (TPSA) is 126 Å². The molecule has 0 aromatic carbocycles. The number of carboxylic acid groups (broad SMARTS) is 2. The highest BCUT2D eigenvalue weighted by atomic mass is 32.2. The van der Waals surface area contributed by atoms with Gasteiger partial charge in [0.15, 0.2) is 5.16 Å². The Hall–Kier alpha value is -1.87. The molecule has 9 heteroatoms. The minimum absolute atomic E-state index is 0.0601. The first-order valence-electron chi connectivity index (χ1n) is 4.97. The lowest BCUT2D eigenvalue weighted by Crippen LogP contribution is -2.24. The monoisotopic (exact) mass is 298 g/mol. The first kappa shape index (κ1) is 13.6. The molecule has 0 radical (unpaired) electrons. The maximum absolute atomic E-state index is 11.8. The van der Waals surface area contributed by atoms with Gasteiger partial charge in [0.2, 0.25) is 0 Å². The van der Waals surface area contributed by atoms with E-state index in [0.717, 1.165) is 23.1 Å². The van der Waals surface area contributed by atoms with Crippen molar-refractivity contribution >= 4 is 45.3 Å². The van der Waals surface area contributed by atoms with Gasteiger partial charge in [-0.25, -0.2) is 4.98 Å². The number of aromatic carboxylic acids is 1. The van der Waals surface area contributed by atoms with Crippen LogP contribution in [0, 0.1) is 6.92 Å². The number of aryl methyl sites for hydroxylation is 1. The van der Waals surface area contributed by atoms with Crippen LogP contribution in [0.1, 0.15) is 15.2 Å². The molecule has 0 aliphatic carbocycles. The molecule has 2 rings (SSSR count). The van der Waals surface area contributed by atoms with Crippen LogP contribution in [-0.4, -0.2) is 27.7 Å². The second-order valence-corrected chi connectivity index (χ2v) is 5.52. The van der Waals surface area contributed by atoms with Crippen molar-refractivity contribution in [3.8, 4) is 0 Å². The van der Waals surface area contributed by atoms with Crippen molar-refractivity contribution < 1.29 is 19.8 Å². The molecule has 0 amide bonds. The lowest BCUT2D eigenvalue weighted by molar-refractivity contribution is -0.301. The SMILES string of the molecule is Cc1c(C(=O)[O-])sc2nc(SCC(=O)[O-])[nH]c(=O)c12. The van der Waals surface area contributed by atoms with Crippen LogP contribution in [0.2, 0.25) is 0 Å². The molecular weight excluding hydrogens is 292 g/mol. The molecule has 0 fully saturated rings. The summed E-state index contributed by atoms with van der Waals surface area (Å²) in [4.78, 5) is 39.6. The zero-order valence-electron chi connectivity index (χ0n) is 9.51. The van der Waals surface area contributed by atoms with Gasteiger partial charge in [-0.05, 0) is 12.5 Å². The Kier molecular flexibility index (Phi) is 3.58. The molecule has 0 aliphatic rings. The molecule has 0 aliphatic heterocycles. The van der Waals surface area contributed by atoms with Gasteiger partial charge >= 0.3 is 0 Å². The fourth-order valence-corrected chi connectivity index (χ4v) is 3.16. The Balaban J connectivity index is 2.55. The number of nitrogens with zero attached hydrogens (tertiary/aromatic N) is 1. The second kappa shape index (κ2) is 5.02. The van der Waals surface area contributed by atoms with Crippen LogP contribution >= 0.6 is 23.1 Å². The molecule has 2 aromatic heterocycles. The number of H-pyrrole nitrogens is 1. The summed E-state index contributed by atoms with van der Waals surface area (Å²) in [6.45, 7) is 1.49. The predicted octanol–water partition coefficient (Wildman–Crippen LogP) is -1.50. The van der Waals surface area contributed by atoms with E-state index in [9.17, 15) is 24.6 Å². The number of rotatable bonds is 4. The van der Waals surface area contributed by atoms with Crippen molar-refractivity contribution in [2.24, 2.45) is 0 Å². The number of aromatic amines is 1. The molecule has 0 saturated carbocycles. The summed E-state index contributed by atoms with van der Waals surface area (Å²) in [6.07, 6.45) is 0. The number of thiophene rings is 1. The van der Waals surface area contributed by atoms with Gasteiger partial charge in [0.05, 0.1) is 22.2 Å². The second-order valence-electron chi connectivity index (χ2n) is 3.56. The van der Waals surface area contributed by atoms with Crippen LogP contribution in [0.25, 0.3) is 10.2 Å². The molecular formula is C10H6N2O5S2-2. The van der Waals surface area contributed by atoms with Crippen molar-refractivity contribution in [3.63, 3.8) is 0 Å². The Morgan fingerprint density at radius 3 is 2.68 bits per heavy atom. The summed E-state index contributed by atoms with van der Waals surface area (Å²) in [5.41, 5.74) is -0.211. The molecule has 0 atom stereocenters. The molecule has 0 saturated heterocycles. The number of aromatic nitrogens is 2. The van der Waals surface area contributed by atoms with Crippen LogP contribution in [0.4, 0.5) is 0 Å². The van der Waals surface area contributed by atoms with Gasteiger partial charge in [0.25, 0.3) is 5.56 Å². The number of hydrogen-bond acceptors (Lipinski definition) is 8. The van der Waals surface area contributed by atoms with Crippen molar-refractivity contribution in [1.82, 2.24) is 9.97 Å². The molecule has 1 N–H and O–H groups in total. The van der Waals surface area contributed by atoms with E-state index in [1.165, 1.54) is 6.92 Å². The summed E-state index contributed by atoms with van der Waals surface area (Å²) in [6, 6.07) is 0. The standard InChI is InChI=1S/C10H8N2O5S2/c1-3-5-7(15)11-10(18-2-4(13)14)12-8(5)19-6(3)9(16)17/h2H2,1H3,(H,13,14)(H,16,17)(H,11,12,15)/p-2. The van der Waals surface area contributed by atoms with Crippen molar-refractivity contribution in [1.29, 1.82) is 0 Å². The number of fused-ring (bicyclic) bond motifs is 1. The van der Waals surface area contributed by atoms with E-state index in [1.54, 1.807) is 0 Å². The average molecular weight is 298 g/mol. The molecule has 0 bridgehead atoms. The van der Waals surface area contributed by atoms with Crippen LogP contribution < -0.4 is 15.8 Å². The third-order valence-corrected chi connectivity index (χ3v) is 4.30. The third kappa shape index (κ3) is 2.61. The first-order chi connectivity index (χ1) is 8.90. The average Bonchev–Trinajstić information content (AvgIpc) is 2.64. The molecule has 0 spiro atoms. The van der Waals surface area contributed by atoms with Crippen molar-refractivity contribution in [2.45, 2.75) is 12.1 Å². The predicted molar refractivity (Wildman–Crippen MR) is 65.0 cm³/mol. The summed E-state index contributed by atoms with van der Waals surface area (Å²) in [7, 11) is 0. The minimum Gasteiger partial charge on any atom is -0.549 e. The Morgan fingerprint density at radius 1 is 1.42 bits per heavy atom. The van der Waals surface area contributed by atoms with Gasteiger partial charge in [-0.1, -0.05) is 11.8 Å². The Morgan fingerprint density at radius 2 is 2.11 bits per heavy atom. The van der Waals surface area contributed by atoms with Crippen molar-refractivity contribution in [2.75, 3.05) is 5.75 Å². The highest BCUT2D eigenvalue weighted by Crippen LogP contribution is 2.27. The van der Waals surface area contributed by atoms with Crippen LogP contribution in [0.15, 0.2) is 9.95 Å². The molecule has 7 nitrogen and oxygen atoms in total. The lowest BCUT2D eigenvalue weighted by atomic mass is 10.2. The van der Waals surface area contributed by atoms with Gasteiger partial charge in [-0.3, -0.25) is 4.79 Å². The van der Waals surface area contributed by atoms with Gasteiger partial charge in [-0.15, -0.1) is 11.3 Å². The number of aliphatic carboxylic acids is 1. The number of carbonyl (C=O) groups is 2. The summed E-state index contributed by atoms with van der Waals surface area (Å²) < 4.78 is 0. The van der Waals surface area contributed by atoms with Gasteiger partial charge in [-0.2, -0.15) is 0 Å². The molecule has 2 heterocycles. The van der Waals surface area contributed by atoms with Gasteiger partial charge in [0, 0.05) is 5.75 Å². The maximum atomic E-state index is 11.8. The van der Waals surface area contributed by atoms with E-state index in [1.807, 2.05) is 0 Å². The fourth-order valence-electron chi connectivity index (χ4n) is 1.51. The van der Waals surface area contributed by atoms with E-state index in [0.29, 0.717) is 5.56 Å². The lowest BCUT2D eigenvalue weighted by Gasteiger charge is -2.01. The maximum Gasteiger partial charge on any atom is 0.260 e. The highest BCUT2D eigenvalue weighted by Gasteiger charge is 2.14. The molecule has 0 unspecified atom stereocenters. The van der Waals surface area contributed by atoms with Crippen molar-refractivity contribution in [3.05, 3.63) is 20.8 Å². The number of carbonyl (C=O) groups excluding carboxylic acids is 2. The number of nitrogens with one attached hydrogen (secondary N) is 1. The number of hydrogen-bond donors (Lipinski definition) is 1. The number of thioether (sulfide) groups is 1. The summed E-state index contributed by atoms with van der Waals surface area (Å²) in [5.74, 6) is -3.01. The van der Waals surface area contributed by atoms with E-state index in [2.05, 4.69) is 9.97 Å². The largest absolute Gasteiger partial charge is 0.549 e. The Bertz CT molecular complexity index is 733. The highest BCUT2D eigenvalue weighted by molar-refractivity contribution is 7.99. The van der Waals surface area contributed by atoms with Gasteiger partial charge in [0.1, 0.15) is 4.83 Å². The van der Waals surface area contributed by atoms with Crippen LogP contribution in [-0.2, 0) is 4.79 Å². The normalized spacial score (nSPS) is 10.8. The smallest absolute Gasteiger partial charge is 0.260 e. The van der Waals surface area contributed by atoms with E-state index < -0.39 is 17.5 Å². The molecule has 19 heavy (non-hydrogen) atoms. The summed E-state index contributed by atoms with van der Waals surface area (Å²) >= 11 is 1.62.